The van der Waals surface area contributed by atoms with Crippen LogP contribution in [0.15, 0.2) is 27.6 Å². The minimum atomic E-state index is -4.59. The zero-order valence-corrected chi connectivity index (χ0v) is 13.8. The quantitative estimate of drug-likeness (QED) is 0.447. The number of anilines is 1. The number of benzene rings is 1. The van der Waals surface area contributed by atoms with Crippen molar-refractivity contribution >= 4 is 49.5 Å². The highest BCUT2D eigenvalue weighted by Crippen LogP contribution is 2.34. The van der Waals surface area contributed by atoms with Gasteiger partial charge in [-0.05, 0) is 45.9 Å². The Hall–Kier alpha value is -1.11. The molecule has 0 bridgehead atoms. The van der Waals surface area contributed by atoms with Crippen LogP contribution in [0.25, 0.3) is 0 Å². The molecule has 2 rings (SSSR count). The van der Waals surface area contributed by atoms with E-state index >= 15 is 0 Å². The van der Waals surface area contributed by atoms with Crippen LogP contribution in [-0.2, 0) is 15.0 Å². The van der Waals surface area contributed by atoms with E-state index in [4.69, 9.17) is 5.26 Å². The zero-order chi connectivity index (χ0) is 15.6. The predicted octanol–water partition coefficient (Wildman–Crippen LogP) is 2.67. The molecule has 1 saturated heterocycles. The number of thiocyanates is 1. The molecule has 1 aliphatic heterocycles. The van der Waals surface area contributed by atoms with Crippen molar-refractivity contribution in [1.82, 2.24) is 0 Å². The lowest BCUT2D eigenvalue weighted by Gasteiger charge is -2.18. The number of thioether (sulfide) groups is 1. The van der Waals surface area contributed by atoms with Gasteiger partial charge in [0.15, 0.2) is 0 Å². The van der Waals surface area contributed by atoms with Crippen molar-refractivity contribution in [2.24, 2.45) is 5.92 Å². The third kappa shape index (κ3) is 4.18. The lowest BCUT2D eigenvalue weighted by Crippen LogP contribution is -2.25. The number of carbonyl (C=O) groups excluding carboxylic acids is 1. The lowest BCUT2D eigenvalue weighted by atomic mass is 10.1. The van der Waals surface area contributed by atoms with Crippen LogP contribution in [0.1, 0.15) is 6.42 Å². The Morgan fingerprint density at radius 3 is 2.81 bits per heavy atom. The second-order valence-electron chi connectivity index (χ2n) is 4.59. The average Bonchev–Trinajstić information content (AvgIpc) is 2.68. The Morgan fingerprint density at radius 2 is 2.24 bits per heavy atom. The first-order valence-corrected chi connectivity index (χ1v) is 9.04. The molecule has 0 N–H and O–H groups in total. The van der Waals surface area contributed by atoms with Crippen molar-refractivity contribution in [2.75, 3.05) is 17.2 Å². The van der Waals surface area contributed by atoms with Gasteiger partial charge < -0.3 is 4.90 Å². The van der Waals surface area contributed by atoms with Crippen LogP contribution < -0.4 is 4.90 Å². The van der Waals surface area contributed by atoms with Crippen LogP contribution in [0.4, 0.5) is 9.57 Å². The van der Waals surface area contributed by atoms with Gasteiger partial charge in [0, 0.05) is 28.3 Å². The van der Waals surface area contributed by atoms with Crippen molar-refractivity contribution in [3.05, 3.63) is 22.7 Å². The van der Waals surface area contributed by atoms with Gasteiger partial charge in [-0.2, -0.15) is 13.7 Å². The number of carbonyl (C=O) groups is 1. The second kappa shape index (κ2) is 6.34. The van der Waals surface area contributed by atoms with Gasteiger partial charge in [0.1, 0.15) is 5.40 Å². The molecule has 1 aromatic carbocycles. The van der Waals surface area contributed by atoms with Crippen molar-refractivity contribution in [1.29, 1.82) is 5.26 Å². The van der Waals surface area contributed by atoms with Gasteiger partial charge >= 0.3 is 10.2 Å². The zero-order valence-electron chi connectivity index (χ0n) is 10.6. The molecule has 1 aromatic rings. The smallest absolute Gasteiger partial charge is 0.302 e. The van der Waals surface area contributed by atoms with Crippen LogP contribution in [0.3, 0.4) is 0 Å². The highest BCUT2D eigenvalue weighted by Gasteiger charge is 2.34. The van der Waals surface area contributed by atoms with Crippen molar-refractivity contribution in [3.8, 4) is 5.40 Å². The van der Waals surface area contributed by atoms with E-state index in [2.05, 4.69) is 15.9 Å². The molecule has 1 fully saturated rings. The fourth-order valence-corrected chi connectivity index (χ4v) is 4.18. The number of amides is 1. The summed E-state index contributed by atoms with van der Waals surface area (Å²) in [6.45, 7) is 0.158. The van der Waals surface area contributed by atoms with Gasteiger partial charge in [-0.25, -0.2) is 0 Å². The minimum Gasteiger partial charge on any atom is -0.311 e. The minimum absolute atomic E-state index is 0.00425. The number of nitriles is 1. The number of hydrogen-bond donors (Lipinski definition) is 0. The van der Waals surface area contributed by atoms with E-state index < -0.39 is 21.9 Å². The normalized spacial score (nSPS) is 18.8. The predicted molar refractivity (Wildman–Crippen MR) is 81.0 cm³/mol. The molecule has 0 aliphatic carbocycles. The summed E-state index contributed by atoms with van der Waals surface area (Å²) in [6, 6.07) is 5.07. The van der Waals surface area contributed by atoms with Gasteiger partial charge in [0.2, 0.25) is 5.91 Å². The summed E-state index contributed by atoms with van der Waals surface area (Å²) in [5, 5.41) is 10.6. The number of rotatable bonds is 4. The topological polar surface area (TPSA) is 78.2 Å². The van der Waals surface area contributed by atoms with E-state index in [1.807, 2.05) is 5.40 Å². The molecule has 21 heavy (non-hydrogen) atoms. The Labute approximate surface area is 134 Å². The van der Waals surface area contributed by atoms with E-state index in [0.29, 0.717) is 10.2 Å². The first-order valence-electron chi connectivity index (χ1n) is 5.88. The van der Waals surface area contributed by atoms with E-state index in [1.54, 1.807) is 18.2 Å². The molecule has 1 unspecified atom stereocenters. The first kappa shape index (κ1) is 16.3. The molecule has 0 saturated carbocycles. The van der Waals surface area contributed by atoms with Crippen LogP contribution in [0, 0.1) is 16.6 Å². The summed E-state index contributed by atoms with van der Waals surface area (Å²) in [4.78, 5) is 14.1. The highest BCUT2D eigenvalue weighted by atomic mass is 79.9. The molecule has 5 nitrogen and oxygen atoms in total. The highest BCUT2D eigenvalue weighted by molar-refractivity contribution is 9.10. The number of nitrogens with zero attached hydrogens (tertiary/aromatic N) is 2. The molecule has 0 radical (unpaired) electrons. The molecule has 1 atom stereocenters. The van der Waals surface area contributed by atoms with E-state index in [-0.39, 0.29) is 18.9 Å². The van der Waals surface area contributed by atoms with Crippen molar-refractivity contribution in [2.45, 2.75) is 11.3 Å². The van der Waals surface area contributed by atoms with Gasteiger partial charge in [0.05, 0.1) is 11.4 Å². The van der Waals surface area contributed by atoms with Gasteiger partial charge in [-0.3, -0.25) is 4.79 Å². The Balaban J connectivity index is 2.19. The lowest BCUT2D eigenvalue weighted by molar-refractivity contribution is -0.117. The summed E-state index contributed by atoms with van der Waals surface area (Å²) < 4.78 is 34.7. The van der Waals surface area contributed by atoms with E-state index in [0.717, 1.165) is 16.7 Å². The molecule has 0 spiro atoms. The maximum Gasteiger partial charge on any atom is 0.302 e. The fourth-order valence-electron chi connectivity index (χ4n) is 2.23. The molecule has 1 heterocycles. The van der Waals surface area contributed by atoms with Gasteiger partial charge in [-0.1, -0.05) is 0 Å². The van der Waals surface area contributed by atoms with Crippen molar-refractivity contribution in [3.63, 3.8) is 0 Å². The van der Waals surface area contributed by atoms with E-state index in [1.165, 1.54) is 4.90 Å². The maximum atomic E-state index is 12.7. The fraction of sp³-hybridized carbons (Fsp3) is 0.333. The molecule has 112 valence electrons. The van der Waals surface area contributed by atoms with Crippen LogP contribution in [-0.4, -0.2) is 26.6 Å². The summed E-state index contributed by atoms with van der Waals surface area (Å²) in [5.41, 5.74) is 0.584. The summed E-state index contributed by atoms with van der Waals surface area (Å²) in [6.07, 6.45) is 0.00425. The van der Waals surface area contributed by atoms with Crippen LogP contribution >= 0.6 is 27.7 Å². The number of hydrogen-bond acceptors (Lipinski definition) is 5. The number of halogens is 2. The molecular formula is C12H10BrFN2O3S2. The summed E-state index contributed by atoms with van der Waals surface area (Å²) >= 11 is 4.32. The Morgan fingerprint density at radius 1 is 1.52 bits per heavy atom. The van der Waals surface area contributed by atoms with Gasteiger partial charge in [0.25, 0.3) is 0 Å². The first-order chi connectivity index (χ1) is 9.80. The van der Waals surface area contributed by atoms with Crippen molar-refractivity contribution < 1.29 is 17.1 Å². The summed E-state index contributed by atoms with van der Waals surface area (Å²) in [5.74, 6) is -1.44. The van der Waals surface area contributed by atoms with Crippen LogP contribution in [0.2, 0.25) is 0 Å². The molecule has 0 aromatic heterocycles. The third-order valence-electron chi connectivity index (χ3n) is 3.01. The second-order valence-corrected chi connectivity index (χ2v) is 7.71. The Bertz CT molecular complexity index is 718. The third-order valence-corrected chi connectivity index (χ3v) is 5.10. The summed E-state index contributed by atoms with van der Waals surface area (Å²) in [7, 11) is -4.59. The maximum absolute atomic E-state index is 12.7. The molecule has 1 aliphatic rings. The largest absolute Gasteiger partial charge is 0.311 e. The molecular weight excluding hydrogens is 383 g/mol. The van der Waals surface area contributed by atoms with Gasteiger partial charge in [-0.15, -0.1) is 3.89 Å². The monoisotopic (exact) mass is 392 g/mol. The SMILES string of the molecule is N#CSc1ccc(N2CC(CS(=O)(=O)F)CC2=O)c(Br)c1. The van der Waals surface area contributed by atoms with Crippen LogP contribution in [0.5, 0.6) is 0 Å². The van der Waals surface area contributed by atoms with E-state index in [9.17, 15) is 17.1 Å². The average molecular weight is 393 g/mol. The Kier molecular flexibility index (Phi) is 4.91. The molecule has 1 amide bonds. The standard InChI is InChI=1S/C12H10BrFN2O3S2/c13-10-4-9(20-7-15)1-2-11(10)16-5-8(3-12(16)17)6-21(14,18)19/h1-2,4,8H,3,5-6H2. The molecule has 9 heteroatoms.